The molecule has 0 saturated carbocycles. The zero-order valence-electron chi connectivity index (χ0n) is 9.58. The van der Waals surface area contributed by atoms with Crippen molar-refractivity contribution in [1.82, 2.24) is 19.9 Å². The molecule has 0 aliphatic heterocycles. The number of nitrogens with zero attached hydrogens (tertiary/aromatic N) is 3. The maximum Gasteiger partial charge on any atom is 0.322 e. The minimum Gasteiger partial charge on any atom is -0.609 e. The van der Waals surface area contributed by atoms with Crippen molar-refractivity contribution in [2.45, 2.75) is 17.8 Å². The highest BCUT2D eigenvalue weighted by Crippen LogP contribution is 2.20. The molecule has 3 rings (SSSR count). The Hall–Kier alpha value is -1.44. The van der Waals surface area contributed by atoms with Crippen LogP contribution in [0.4, 0.5) is 0 Å². The highest BCUT2D eigenvalue weighted by Gasteiger charge is 2.18. The van der Waals surface area contributed by atoms with Crippen LogP contribution in [-0.4, -0.2) is 24.5 Å². The van der Waals surface area contributed by atoms with Gasteiger partial charge in [0.15, 0.2) is 11.6 Å². The molecule has 3 aromatic heterocycles. The molecule has 0 aromatic carbocycles. The zero-order chi connectivity index (χ0) is 12.5. The van der Waals surface area contributed by atoms with Crippen LogP contribution >= 0.6 is 11.3 Å². The van der Waals surface area contributed by atoms with Crippen molar-refractivity contribution in [3.05, 3.63) is 34.5 Å². The standard InChI is InChI=1S/C11H10N4OS2/c1-7-2-3-12-10(13-7)6-18(16)11-14-8-4-17-5-9(8)15-11/h2-5H,6H2,1H3,(H,14,15). The first-order chi connectivity index (χ1) is 8.72. The Balaban J connectivity index is 1.82. The summed E-state index contributed by atoms with van der Waals surface area (Å²) in [5.41, 5.74) is 2.65. The zero-order valence-corrected chi connectivity index (χ0v) is 11.2. The predicted octanol–water partition coefficient (Wildman–Crippen LogP) is 2.03. The van der Waals surface area contributed by atoms with Crippen molar-refractivity contribution < 1.29 is 4.55 Å². The van der Waals surface area contributed by atoms with E-state index in [-0.39, 0.29) is 5.75 Å². The fourth-order valence-electron chi connectivity index (χ4n) is 1.59. The topological polar surface area (TPSA) is 77.5 Å². The van der Waals surface area contributed by atoms with Crippen molar-refractivity contribution >= 4 is 33.5 Å². The number of imidazole rings is 1. The van der Waals surface area contributed by atoms with E-state index in [1.54, 1.807) is 17.5 Å². The number of rotatable bonds is 3. The number of hydrogen-bond donors (Lipinski definition) is 1. The first-order valence-electron chi connectivity index (χ1n) is 5.31. The van der Waals surface area contributed by atoms with Gasteiger partial charge in [0.25, 0.3) is 0 Å². The molecule has 1 N–H and O–H groups in total. The lowest BCUT2D eigenvalue weighted by molar-refractivity contribution is 0.586. The van der Waals surface area contributed by atoms with Gasteiger partial charge in [-0.25, -0.2) is 9.97 Å². The summed E-state index contributed by atoms with van der Waals surface area (Å²) in [4.78, 5) is 15.7. The Morgan fingerprint density at radius 1 is 1.39 bits per heavy atom. The average molecular weight is 278 g/mol. The van der Waals surface area contributed by atoms with Gasteiger partial charge in [-0.15, -0.1) is 11.3 Å². The molecule has 3 heterocycles. The SMILES string of the molecule is Cc1ccnc(C[S+]([O-])c2nc3cscc3[nH]2)n1. The lowest BCUT2D eigenvalue weighted by Gasteiger charge is -2.05. The number of aromatic amines is 1. The lowest BCUT2D eigenvalue weighted by atomic mass is 10.4. The Morgan fingerprint density at radius 3 is 3.06 bits per heavy atom. The van der Waals surface area contributed by atoms with Crippen LogP contribution in [0.5, 0.6) is 0 Å². The molecule has 0 fully saturated rings. The average Bonchev–Trinajstić information content (AvgIpc) is 2.88. The fourth-order valence-corrected chi connectivity index (χ4v) is 3.21. The van der Waals surface area contributed by atoms with E-state index >= 15 is 0 Å². The number of hydrogen-bond acceptors (Lipinski definition) is 5. The summed E-state index contributed by atoms with van der Waals surface area (Å²) >= 11 is 0.328. The first kappa shape index (κ1) is 11.6. The molecule has 18 heavy (non-hydrogen) atoms. The van der Waals surface area contributed by atoms with E-state index in [0.717, 1.165) is 16.7 Å². The molecule has 0 bridgehead atoms. The number of H-pyrrole nitrogens is 1. The van der Waals surface area contributed by atoms with Crippen LogP contribution in [0.15, 0.2) is 28.2 Å². The van der Waals surface area contributed by atoms with E-state index in [4.69, 9.17) is 0 Å². The van der Waals surface area contributed by atoms with Crippen molar-refractivity contribution in [3.8, 4) is 0 Å². The van der Waals surface area contributed by atoms with E-state index in [9.17, 15) is 4.55 Å². The van der Waals surface area contributed by atoms with Gasteiger partial charge in [0.2, 0.25) is 0 Å². The van der Waals surface area contributed by atoms with Gasteiger partial charge >= 0.3 is 5.16 Å². The molecule has 1 unspecified atom stereocenters. The monoisotopic (exact) mass is 278 g/mol. The predicted molar refractivity (Wildman–Crippen MR) is 70.9 cm³/mol. The van der Waals surface area contributed by atoms with Crippen molar-refractivity contribution in [2.75, 3.05) is 0 Å². The molecular weight excluding hydrogens is 268 g/mol. The minimum absolute atomic E-state index is 0.279. The van der Waals surface area contributed by atoms with E-state index in [1.807, 2.05) is 23.8 Å². The molecule has 3 aromatic rings. The van der Waals surface area contributed by atoms with Gasteiger partial charge < -0.3 is 4.55 Å². The molecule has 0 aliphatic rings. The molecule has 92 valence electrons. The Labute approximate surface area is 111 Å². The smallest absolute Gasteiger partial charge is 0.322 e. The van der Waals surface area contributed by atoms with E-state index in [1.165, 1.54) is 0 Å². The van der Waals surface area contributed by atoms with Crippen LogP contribution in [-0.2, 0) is 16.9 Å². The minimum atomic E-state index is -1.24. The molecule has 7 heteroatoms. The van der Waals surface area contributed by atoms with Crippen molar-refractivity contribution in [1.29, 1.82) is 0 Å². The number of thiophene rings is 1. The summed E-state index contributed by atoms with van der Waals surface area (Å²) in [6, 6.07) is 1.81. The van der Waals surface area contributed by atoms with Crippen LogP contribution in [0.1, 0.15) is 11.5 Å². The molecule has 0 spiro atoms. The van der Waals surface area contributed by atoms with Gasteiger partial charge in [-0.2, -0.15) is 4.98 Å². The molecule has 5 nitrogen and oxygen atoms in total. The van der Waals surface area contributed by atoms with Crippen molar-refractivity contribution in [3.63, 3.8) is 0 Å². The Bertz CT molecular complexity index is 650. The summed E-state index contributed by atoms with van der Waals surface area (Å²) in [6.07, 6.45) is 1.68. The van der Waals surface area contributed by atoms with Gasteiger partial charge in [0.05, 0.1) is 5.52 Å². The maximum absolute atomic E-state index is 12.1. The van der Waals surface area contributed by atoms with Crippen molar-refractivity contribution in [2.24, 2.45) is 0 Å². The largest absolute Gasteiger partial charge is 0.609 e. The summed E-state index contributed by atoms with van der Waals surface area (Å²) in [5.74, 6) is 0.855. The second kappa shape index (κ2) is 4.68. The first-order valence-corrected chi connectivity index (χ1v) is 7.57. The number of fused-ring (bicyclic) bond motifs is 1. The molecule has 1 atom stereocenters. The van der Waals surface area contributed by atoms with E-state index in [0.29, 0.717) is 11.0 Å². The third-order valence-electron chi connectivity index (χ3n) is 2.43. The van der Waals surface area contributed by atoms with E-state index < -0.39 is 11.2 Å². The van der Waals surface area contributed by atoms with Gasteiger partial charge in [0, 0.05) is 33.8 Å². The van der Waals surface area contributed by atoms with Crippen LogP contribution in [0, 0.1) is 6.92 Å². The molecule has 0 amide bonds. The second-order valence-electron chi connectivity index (χ2n) is 3.82. The van der Waals surface area contributed by atoms with Gasteiger partial charge in [-0.1, -0.05) is 0 Å². The molecule has 0 aliphatic carbocycles. The highest BCUT2D eigenvalue weighted by atomic mass is 32.2. The third kappa shape index (κ3) is 2.24. The highest BCUT2D eigenvalue weighted by molar-refractivity contribution is 7.90. The van der Waals surface area contributed by atoms with Crippen LogP contribution in [0.25, 0.3) is 11.0 Å². The summed E-state index contributed by atoms with van der Waals surface area (Å²) < 4.78 is 12.1. The Kier molecular flexibility index (Phi) is 3.02. The van der Waals surface area contributed by atoms with Gasteiger partial charge in [-0.3, -0.25) is 4.98 Å². The fraction of sp³-hybridized carbons (Fsp3) is 0.182. The summed E-state index contributed by atoms with van der Waals surface area (Å²) in [7, 11) is 0. The number of nitrogens with one attached hydrogen (secondary N) is 1. The number of aryl methyl sites for hydroxylation is 1. The lowest BCUT2D eigenvalue weighted by Crippen LogP contribution is -2.10. The van der Waals surface area contributed by atoms with Gasteiger partial charge in [-0.05, 0) is 13.0 Å². The molecule has 0 saturated heterocycles. The van der Waals surface area contributed by atoms with Crippen LogP contribution < -0.4 is 0 Å². The molecule has 0 radical (unpaired) electrons. The summed E-state index contributed by atoms with van der Waals surface area (Å²) in [6.45, 7) is 1.89. The number of aromatic nitrogens is 4. The van der Waals surface area contributed by atoms with Crippen LogP contribution in [0.2, 0.25) is 0 Å². The third-order valence-corrected chi connectivity index (χ3v) is 4.30. The van der Waals surface area contributed by atoms with Gasteiger partial charge in [0.1, 0.15) is 5.52 Å². The second-order valence-corrected chi connectivity index (χ2v) is 5.93. The van der Waals surface area contributed by atoms with Crippen LogP contribution in [0.3, 0.4) is 0 Å². The Morgan fingerprint density at radius 2 is 2.28 bits per heavy atom. The maximum atomic E-state index is 12.1. The normalized spacial score (nSPS) is 13.0. The summed E-state index contributed by atoms with van der Waals surface area (Å²) in [5, 5.41) is 4.36. The van der Waals surface area contributed by atoms with E-state index in [2.05, 4.69) is 19.9 Å². The molecular formula is C11H10N4OS2. The quantitative estimate of drug-likeness (QED) is 0.744.